The standard InChI is InChI=1S/C18H15N5O5S/c24-12-6-5-9(7-11(12)23(27)28)8-19-22-17(26)15-20-16(25)14-10-3-1-2-4-13(10)29-18(14)21-15/h5-8,24H,1-4H2,(H,22,26)(H,20,21,25)/b19-8+. The lowest BCUT2D eigenvalue weighted by molar-refractivity contribution is -0.385. The number of carbonyl (C=O) groups excluding carboxylic acids is 1. The van der Waals surface area contributed by atoms with Crippen LogP contribution in [0.15, 0.2) is 28.1 Å². The number of H-pyrrole nitrogens is 1. The number of carbonyl (C=O) groups is 1. The van der Waals surface area contributed by atoms with E-state index in [1.165, 1.54) is 23.6 Å². The predicted molar refractivity (Wildman–Crippen MR) is 107 cm³/mol. The molecule has 2 heterocycles. The molecule has 2 aromatic heterocycles. The number of nitrogens with zero attached hydrogens (tertiary/aromatic N) is 3. The third-order valence-electron chi connectivity index (χ3n) is 4.62. The number of phenols is 1. The first kappa shape index (κ1) is 18.7. The zero-order valence-corrected chi connectivity index (χ0v) is 15.8. The van der Waals surface area contributed by atoms with Crippen molar-refractivity contribution in [1.29, 1.82) is 0 Å². The molecule has 0 saturated heterocycles. The smallest absolute Gasteiger partial charge is 0.311 e. The second-order valence-corrected chi connectivity index (χ2v) is 7.59. The van der Waals surface area contributed by atoms with Crippen molar-refractivity contribution < 1.29 is 14.8 Å². The highest BCUT2D eigenvalue weighted by Gasteiger charge is 2.21. The molecule has 1 aliphatic carbocycles. The summed E-state index contributed by atoms with van der Waals surface area (Å²) in [4.78, 5) is 43.3. The molecular formula is C18H15N5O5S. The Kier molecular flexibility index (Phi) is 4.80. The van der Waals surface area contributed by atoms with E-state index in [2.05, 4.69) is 20.5 Å². The number of nitro groups is 1. The Balaban J connectivity index is 1.55. The fourth-order valence-corrected chi connectivity index (χ4v) is 4.52. The monoisotopic (exact) mass is 413 g/mol. The van der Waals surface area contributed by atoms with Gasteiger partial charge in [-0.1, -0.05) is 0 Å². The lowest BCUT2D eigenvalue weighted by Gasteiger charge is -2.09. The first-order chi connectivity index (χ1) is 13.9. The molecule has 0 radical (unpaired) electrons. The van der Waals surface area contributed by atoms with E-state index < -0.39 is 22.3 Å². The molecule has 0 bridgehead atoms. The normalized spacial score (nSPS) is 13.5. The van der Waals surface area contributed by atoms with Gasteiger partial charge in [-0.25, -0.2) is 10.4 Å². The number of rotatable bonds is 4. The third-order valence-corrected chi connectivity index (χ3v) is 5.80. The van der Waals surface area contributed by atoms with Gasteiger partial charge in [-0.05, 0) is 43.4 Å². The summed E-state index contributed by atoms with van der Waals surface area (Å²) in [5, 5.41) is 24.6. The number of benzene rings is 1. The molecule has 0 saturated carbocycles. The van der Waals surface area contributed by atoms with Gasteiger partial charge in [0.1, 0.15) is 4.83 Å². The molecule has 0 atom stereocenters. The van der Waals surface area contributed by atoms with Crippen LogP contribution in [-0.2, 0) is 12.8 Å². The maximum Gasteiger partial charge on any atom is 0.311 e. The molecule has 29 heavy (non-hydrogen) atoms. The van der Waals surface area contributed by atoms with Gasteiger partial charge in [-0.2, -0.15) is 5.10 Å². The summed E-state index contributed by atoms with van der Waals surface area (Å²) in [6.07, 6.45) is 5.06. The third kappa shape index (κ3) is 3.59. The highest BCUT2D eigenvalue weighted by Crippen LogP contribution is 2.33. The Hall–Kier alpha value is -3.60. The maximum atomic E-state index is 12.5. The maximum absolute atomic E-state index is 12.5. The number of hydrogen-bond donors (Lipinski definition) is 3. The number of amides is 1. The first-order valence-electron chi connectivity index (χ1n) is 8.79. The topological polar surface area (TPSA) is 151 Å². The summed E-state index contributed by atoms with van der Waals surface area (Å²) in [5.74, 6) is -1.33. The molecule has 4 rings (SSSR count). The second-order valence-electron chi connectivity index (χ2n) is 6.51. The van der Waals surface area contributed by atoms with Crippen LogP contribution in [0.1, 0.15) is 39.5 Å². The van der Waals surface area contributed by atoms with E-state index in [4.69, 9.17) is 0 Å². The number of hydrogen-bond acceptors (Lipinski definition) is 8. The van der Waals surface area contributed by atoms with Gasteiger partial charge in [0.05, 0.1) is 16.5 Å². The molecule has 3 aromatic rings. The van der Waals surface area contributed by atoms with Gasteiger partial charge >= 0.3 is 11.6 Å². The van der Waals surface area contributed by atoms with E-state index in [0.29, 0.717) is 15.8 Å². The lowest BCUT2D eigenvalue weighted by atomic mass is 9.97. The van der Waals surface area contributed by atoms with E-state index >= 15 is 0 Å². The van der Waals surface area contributed by atoms with Crippen LogP contribution in [0.3, 0.4) is 0 Å². The average molecular weight is 413 g/mol. The van der Waals surface area contributed by atoms with Crippen LogP contribution in [0.5, 0.6) is 5.75 Å². The fourth-order valence-electron chi connectivity index (χ4n) is 3.26. The van der Waals surface area contributed by atoms with E-state index in [1.807, 2.05) is 0 Å². The van der Waals surface area contributed by atoms with Crippen molar-refractivity contribution in [2.24, 2.45) is 5.10 Å². The molecule has 148 valence electrons. The minimum Gasteiger partial charge on any atom is -0.502 e. The summed E-state index contributed by atoms with van der Waals surface area (Å²) in [7, 11) is 0. The van der Waals surface area contributed by atoms with Gasteiger partial charge in [-0.3, -0.25) is 19.7 Å². The summed E-state index contributed by atoms with van der Waals surface area (Å²) >= 11 is 1.43. The van der Waals surface area contributed by atoms with Gasteiger partial charge in [-0.15, -0.1) is 11.3 Å². The minimum absolute atomic E-state index is 0.157. The van der Waals surface area contributed by atoms with Crippen molar-refractivity contribution in [3.8, 4) is 5.75 Å². The quantitative estimate of drug-likeness (QED) is 0.339. The number of aromatic amines is 1. The van der Waals surface area contributed by atoms with E-state index in [1.54, 1.807) is 0 Å². The van der Waals surface area contributed by atoms with Crippen LogP contribution < -0.4 is 11.0 Å². The summed E-state index contributed by atoms with van der Waals surface area (Å²) in [5.41, 5.74) is 2.75. The second kappa shape index (κ2) is 7.43. The van der Waals surface area contributed by atoms with Gasteiger partial charge in [0.25, 0.3) is 5.56 Å². The molecule has 1 amide bonds. The lowest BCUT2D eigenvalue weighted by Crippen LogP contribution is -2.24. The SMILES string of the molecule is O=C(N/N=C/c1ccc(O)c([N+](=O)[O-])c1)c1nc2sc3c(c2c(=O)[nH]1)CCCC3. The molecule has 1 aromatic carbocycles. The fraction of sp³-hybridized carbons (Fsp3) is 0.222. The highest BCUT2D eigenvalue weighted by molar-refractivity contribution is 7.18. The Morgan fingerprint density at radius 2 is 2.17 bits per heavy atom. The summed E-state index contributed by atoms with van der Waals surface area (Å²) in [6.45, 7) is 0. The molecule has 0 unspecified atom stereocenters. The van der Waals surface area contributed by atoms with E-state index in [0.717, 1.165) is 48.3 Å². The van der Waals surface area contributed by atoms with Crippen LogP contribution in [-0.4, -0.2) is 32.1 Å². The van der Waals surface area contributed by atoms with Crippen LogP contribution in [0.2, 0.25) is 0 Å². The molecule has 0 aliphatic heterocycles. The zero-order valence-electron chi connectivity index (χ0n) is 15.0. The molecule has 3 N–H and O–H groups in total. The number of aromatic nitrogens is 2. The predicted octanol–water partition coefficient (Wildman–Crippen LogP) is 2.24. The molecule has 11 heteroatoms. The summed E-state index contributed by atoms with van der Waals surface area (Å²) in [6, 6.07) is 3.68. The largest absolute Gasteiger partial charge is 0.502 e. The number of hydrazone groups is 1. The molecule has 10 nitrogen and oxygen atoms in total. The number of nitro benzene ring substituents is 1. The Labute approximate surface area is 167 Å². The van der Waals surface area contributed by atoms with Crippen LogP contribution in [0.4, 0.5) is 5.69 Å². The Morgan fingerprint density at radius 3 is 2.97 bits per heavy atom. The van der Waals surface area contributed by atoms with Gasteiger partial charge < -0.3 is 10.1 Å². The summed E-state index contributed by atoms with van der Waals surface area (Å²) < 4.78 is 0. The minimum atomic E-state index is -0.726. The van der Waals surface area contributed by atoms with Crippen molar-refractivity contribution in [3.05, 3.63) is 60.5 Å². The number of thiophene rings is 1. The zero-order chi connectivity index (χ0) is 20.5. The number of phenolic OH excluding ortho intramolecular Hbond substituents is 1. The van der Waals surface area contributed by atoms with E-state index in [-0.39, 0.29) is 11.4 Å². The van der Waals surface area contributed by atoms with Gasteiger partial charge in [0.2, 0.25) is 5.82 Å². The first-order valence-corrected chi connectivity index (χ1v) is 9.61. The van der Waals surface area contributed by atoms with Crippen molar-refractivity contribution in [2.45, 2.75) is 25.7 Å². The Morgan fingerprint density at radius 1 is 1.38 bits per heavy atom. The van der Waals surface area contributed by atoms with Crippen LogP contribution in [0, 0.1) is 10.1 Å². The molecule has 1 aliphatic rings. The van der Waals surface area contributed by atoms with Crippen molar-refractivity contribution >= 4 is 39.4 Å². The van der Waals surface area contributed by atoms with E-state index in [9.17, 15) is 24.8 Å². The van der Waals surface area contributed by atoms with Gasteiger partial charge in [0.15, 0.2) is 5.75 Å². The average Bonchev–Trinajstić information content (AvgIpc) is 3.07. The van der Waals surface area contributed by atoms with Crippen LogP contribution in [0.25, 0.3) is 10.2 Å². The van der Waals surface area contributed by atoms with Gasteiger partial charge in [0, 0.05) is 16.5 Å². The van der Waals surface area contributed by atoms with Crippen LogP contribution >= 0.6 is 11.3 Å². The number of aromatic hydroxyl groups is 1. The number of aryl methyl sites for hydroxylation is 2. The van der Waals surface area contributed by atoms with Crippen molar-refractivity contribution in [1.82, 2.24) is 15.4 Å². The molecule has 0 spiro atoms. The molecule has 0 fully saturated rings. The number of fused-ring (bicyclic) bond motifs is 3. The number of nitrogens with one attached hydrogen (secondary N) is 2. The molecular weight excluding hydrogens is 398 g/mol. The van der Waals surface area contributed by atoms with Crippen molar-refractivity contribution in [3.63, 3.8) is 0 Å². The highest BCUT2D eigenvalue weighted by atomic mass is 32.1. The Bertz CT molecular complexity index is 1230. The van der Waals surface area contributed by atoms with Crippen molar-refractivity contribution in [2.75, 3.05) is 0 Å².